The summed E-state index contributed by atoms with van der Waals surface area (Å²) in [6, 6.07) is 9.07. The molecule has 5 rings (SSSR count). The molecule has 4 saturated carbocycles. The van der Waals surface area contributed by atoms with Gasteiger partial charge in [0.15, 0.2) is 0 Å². The van der Waals surface area contributed by atoms with E-state index in [-0.39, 0.29) is 11.4 Å². The molecule has 5 heteroatoms. The van der Waals surface area contributed by atoms with Crippen molar-refractivity contribution in [2.24, 2.45) is 23.0 Å². The fourth-order valence-electron chi connectivity index (χ4n) is 6.10. The zero-order valence-electron chi connectivity index (χ0n) is 15.4. The maximum atomic E-state index is 13.3. The number of carbonyl (C=O) groups excluding carboxylic acids is 2. The van der Waals surface area contributed by atoms with Crippen molar-refractivity contribution in [1.29, 1.82) is 0 Å². The number of ether oxygens (including phenoxy) is 1. The highest BCUT2D eigenvalue weighted by atomic mass is 16.5. The summed E-state index contributed by atoms with van der Waals surface area (Å²) in [6.07, 6.45) is 6.30. The van der Waals surface area contributed by atoms with Crippen molar-refractivity contribution in [3.05, 3.63) is 35.9 Å². The number of hydrogen-bond donors (Lipinski definition) is 2. The van der Waals surface area contributed by atoms with Crippen molar-refractivity contribution in [1.82, 2.24) is 5.32 Å². The number of esters is 1. The highest BCUT2D eigenvalue weighted by Gasteiger charge is 2.59. The molecule has 5 atom stereocenters. The largest absolute Gasteiger partial charge is 0.467 e. The van der Waals surface area contributed by atoms with Crippen LogP contribution in [0, 0.1) is 17.3 Å². The van der Waals surface area contributed by atoms with Gasteiger partial charge in [-0.3, -0.25) is 4.79 Å². The van der Waals surface area contributed by atoms with Gasteiger partial charge in [0.1, 0.15) is 6.04 Å². The smallest absolute Gasteiger partial charge is 0.328 e. The molecule has 4 bridgehead atoms. The van der Waals surface area contributed by atoms with Crippen LogP contribution in [-0.2, 0) is 20.7 Å². The zero-order valence-corrected chi connectivity index (χ0v) is 15.4. The van der Waals surface area contributed by atoms with Crippen LogP contribution in [0.4, 0.5) is 0 Å². The van der Waals surface area contributed by atoms with E-state index in [0.717, 1.165) is 37.7 Å². The van der Waals surface area contributed by atoms with Gasteiger partial charge in [-0.05, 0) is 55.9 Å². The molecule has 5 nitrogen and oxygen atoms in total. The fraction of sp³-hybridized carbons (Fsp3) is 0.619. The molecular weight excluding hydrogens is 328 g/mol. The van der Waals surface area contributed by atoms with Crippen molar-refractivity contribution < 1.29 is 14.3 Å². The molecule has 1 amide bonds. The summed E-state index contributed by atoms with van der Waals surface area (Å²) in [5, 5.41) is 3.02. The van der Waals surface area contributed by atoms with Gasteiger partial charge in [-0.15, -0.1) is 0 Å². The highest BCUT2D eigenvalue weighted by Crippen LogP contribution is 2.60. The normalized spacial score (nSPS) is 35.8. The number of carbonyl (C=O) groups is 2. The number of amides is 1. The lowest BCUT2D eigenvalue weighted by Gasteiger charge is -2.60. The van der Waals surface area contributed by atoms with Crippen LogP contribution < -0.4 is 11.1 Å². The number of methoxy groups -OCH3 is 1. The van der Waals surface area contributed by atoms with Gasteiger partial charge in [-0.25, -0.2) is 4.79 Å². The minimum absolute atomic E-state index is 0.00671. The standard InChI is InChI=1S/C21H28N2O3/c1-26-18(24)17(8-14-5-3-2-4-6-14)23-19(25)20-9-15-7-16(10-20)12-21(22,11-15)13-20/h2-6,15-17H,7-13,22H2,1H3,(H,23,25)/t15-,16+,17-,20?,21?/m0/s1. The molecule has 0 saturated heterocycles. The maximum Gasteiger partial charge on any atom is 0.328 e. The zero-order chi connectivity index (χ0) is 18.4. The Bertz CT molecular complexity index is 688. The van der Waals surface area contributed by atoms with E-state index in [2.05, 4.69) is 5.32 Å². The molecule has 0 aromatic heterocycles. The molecule has 0 radical (unpaired) electrons. The molecule has 2 unspecified atom stereocenters. The van der Waals surface area contributed by atoms with Gasteiger partial charge in [0.05, 0.1) is 12.5 Å². The van der Waals surface area contributed by atoms with Crippen LogP contribution in [0.15, 0.2) is 30.3 Å². The van der Waals surface area contributed by atoms with E-state index in [1.54, 1.807) is 0 Å². The molecule has 1 aromatic carbocycles. The van der Waals surface area contributed by atoms with Gasteiger partial charge in [0.25, 0.3) is 0 Å². The Morgan fingerprint density at radius 3 is 2.42 bits per heavy atom. The molecular formula is C21H28N2O3. The first-order valence-corrected chi connectivity index (χ1v) is 9.63. The van der Waals surface area contributed by atoms with E-state index in [1.165, 1.54) is 13.5 Å². The predicted octanol–water partition coefficient (Wildman–Crippen LogP) is 2.18. The lowest BCUT2D eigenvalue weighted by Crippen LogP contribution is -2.64. The third kappa shape index (κ3) is 3.13. The van der Waals surface area contributed by atoms with Crippen molar-refractivity contribution in [3.63, 3.8) is 0 Å². The topological polar surface area (TPSA) is 81.4 Å². The lowest BCUT2D eigenvalue weighted by atomic mass is 9.47. The van der Waals surface area contributed by atoms with E-state index in [9.17, 15) is 9.59 Å². The molecule has 0 heterocycles. The first kappa shape index (κ1) is 17.5. The third-order valence-corrected chi connectivity index (χ3v) is 6.66. The minimum atomic E-state index is -0.656. The molecule has 3 N–H and O–H groups in total. The summed E-state index contributed by atoms with van der Waals surface area (Å²) in [7, 11) is 1.37. The van der Waals surface area contributed by atoms with Gasteiger partial charge < -0.3 is 15.8 Å². The average molecular weight is 356 g/mol. The highest BCUT2D eigenvalue weighted by molar-refractivity contribution is 5.88. The monoisotopic (exact) mass is 356 g/mol. The Labute approximate surface area is 154 Å². The van der Waals surface area contributed by atoms with Crippen LogP contribution in [0.2, 0.25) is 0 Å². The number of hydrogen-bond acceptors (Lipinski definition) is 4. The van der Waals surface area contributed by atoms with Crippen molar-refractivity contribution in [3.8, 4) is 0 Å². The predicted molar refractivity (Wildman–Crippen MR) is 98.1 cm³/mol. The Morgan fingerprint density at radius 1 is 1.19 bits per heavy atom. The number of benzene rings is 1. The first-order chi connectivity index (χ1) is 12.4. The quantitative estimate of drug-likeness (QED) is 0.793. The fourth-order valence-corrected chi connectivity index (χ4v) is 6.10. The Balaban J connectivity index is 1.52. The summed E-state index contributed by atoms with van der Waals surface area (Å²) in [5.74, 6) is 0.706. The SMILES string of the molecule is COC(=O)[C@H](Cc1ccccc1)NC(=O)C12C[C@@H]3C[C@@H](CC(N)(C3)C1)C2. The number of rotatable bonds is 5. The van der Waals surface area contributed by atoms with Crippen LogP contribution in [0.25, 0.3) is 0 Å². The second kappa shape index (κ2) is 6.38. The first-order valence-electron chi connectivity index (χ1n) is 9.63. The Hall–Kier alpha value is -1.88. The number of nitrogens with one attached hydrogen (secondary N) is 1. The lowest BCUT2D eigenvalue weighted by molar-refractivity contribution is -0.154. The second-order valence-electron chi connectivity index (χ2n) is 8.84. The summed E-state index contributed by atoms with van der Waals surface area (Å²) >= 11 is 0. The van der Waals surface area contributed by atoms with E-state index in [4.69, 9.17) is 10.5 Å². The molecule has 4 aliphatic rings. The van der Waals surface area contributed by atoms with Crippen LogP contribution in [0.3, 0.4) is 0 Å². The van der Waals surface area contributed by atoms with Crippen LogP contribution in [-0.4, -0.2) is 30.6 Å². The Kier molecular flexibility index (Phi) is 4.30. The molecule has 0 spiro atoms. The number of nitrogens with two attached hydrogens (primary N) is 1. The summed E-state index contributed by atoms with van der Waals surface area (Å²) in [4.78, 5) is 25.6. The van der Waals surface area contributed by atoms with Gasteiger partial charge in [-0.1, -0.05) is 30.3 Å². The van der Waals surface area contributed by atoms with Crippen molar-refractivity contribution >= 4 is 11.9 Å². The van der Waals surface area contributed by atoms with Gasteiger partial charge >= 0.3 is 5.97 Å². The van der Waals surface area contributed by atoms with E-state index in [0.29, 0.717) is 18.3 Å². The minimum Gasteiger partial charge on any atom is -0.467 e. The summed E-state index contributed by atoms with van der Waals surface area (Å²) in [5.41, 5.74) is 7.02. The van der Waals surface area contributed by atoms with Crippen LogP contribution in [0.1, 0.15) is 44.1 Å². The van der Waals surface area contributed by atoms with Gasteiger partial charge in [0, 0.05) is 12.0 Å². The summed E-state index contributed by atoms with van der Waals surface area (Å²) < 4.78 is 4.95. The molecule has 4 fully saturated rings. The van der Waals surface area contributed by atoms with Gasteiger partial charge in [0.2, 0.25) is 5.91 Å². The molecule has 140 valence electrons. The van der Waals surface area contributed by atoms with Crippen molar-refractivity contribution in [2.75, 3.05) is 7.11 Å². The molecule has 1 aromatic rings. The third-order valence-electron chi connectivity index (χ3n) is 6.66. The van der Waals surface area contributed by atoms with E-state index in [1.807, 2.05) is 30.3 Å². The van der Waals surface area contributed by atoms with Gasteiger partial charge in [-0.2, -0.15) is 0 Å². The molecule has 0 aliphatic heterocycles. The van der Waals surface area contributed by atoms with Crippen LogP contribution in [0.5, 0.6) is 0 Å². The van der Waals surface area contributed by atoms with E-state index >= 15 is 0 Å². The Morgan fingerprint density at radius 2 is 1.85 bits per heavy atom. The van der Waals surface area contributed by atoms with E-state index < -0.39 is 17.4 Å². The average Bonchev–Trinajstić information content (AvgIpc) is 2.59. The summed E-state index contributed by atoms with van der Waals surface area (Å²) in [6.45, 7) is 0. The molecule has 4 aliphatic carbocycles. The second-order valence-corrected chi connectivity index (χ2v) is 8.84. The maximum absolute atomic E-state index is 13.3. The molecule has 26 heavy (non-hydrogen) atoms. The van der Waals surface area contributed by atoms with Crippen LogP contribution >= 0.6 is 0 Å². The van der Waals surface area contributed by atoms with Crippen molar-refractivity contribution in [2.45, 2.75) is 56.5 Å².